The number of nitrogens with one attached hydrogen (secondary N) is 3. The van der Waals surface area contributed by atoms with Crippen molar-refractivity contribution in [3.8, 4) is 23.0 Å². The lowest BCUT2D eigenvalue weighted by atomic mass is 10.1. The van der Waals surface area contributed by atoms with Crippen LogP contribution in [0.3, 0.4) is 0 Å². The van der Waals surface area contributed by atoms with E-state index in [1.165, 1.54) is 0 Å². The Morgan fingerprint density at radius 1 is 0.612 bits per heavy atom. The SMILES string of the molecule is COc1cc(/C=C/c2cc(/C=C/c3ccc(OCC(=O)NCc4ccccc4)c(OC)c3)[nH]n2)ccc1OCC(=O)NCc1ccccc1. The number of carbonyl (C=O) groups excluding carboxylic acids is 2. The van der Waals surface area contributed by atoms with Crippen LogP contribution in [0.2, 0.25) is 0 Å². The molecule has 0 atom stereocenters. The molecule has 0 bridgehead atoms. The highest BCUT2D eigenvalue weighted by Crippen LogP contribution is 2.30. The monoisotopic (exact) mass is 658 g/mol. The van der Waals surface area contributed by atoms with Crippen molar-refractivity contribution in [1.29, 1.82) is 0 Å². The molecule has 0 aliphatic rings. The summed E-state index contributed by atoms with van der Waals surface area (Å²) >= 11 is 0. The zero-order valence-electron chi connectivity index (χ0n) is 27.3. The predicted molar refractivity (Wildman–Crippen MR) is 190 cm³/mol. The second kappa shape index (κ2) is 17.6. The van der Waals surface area contributed by atoms with Crippen molar-refractivity contribution in [1.82, 2.24) is 20.8 Å². The second-order valence-electron chi connectivity index (χ2n) is 10.8. The summed E-state index contributed by atoms with van der Waals surface area (Å²) in [5.74, 6) is 1.54. The number of amides is 2. The molecule has 0 saturated carbocycles. The first-order valence-electron chi connectivity index (χ1n) is 15.6. The highest BCUT2D eigenvalue weighted by atomic mass is 16.5. The van der Waals surface area contributed by atoms with Crippen LogP contribution in [0.4, 0.5) is 0 Å². The van der Waals surface area contributed by atoms with Gasteiger partial charge in [0.2, 0.25) is 0 Å². The third-order valence-corrected chi connectivity index (χ3v) is 7.28. The minimum atomic E-state index is -0.223. The molecule has 10 nitrogen and oxygen atoms in total. The zero-order valence-corrected chi connectivity index (χ0v) is 27.3. The minimum Gasteiger partial charge on any atom is -0.493 e. The zero-order chi connectivity index (χ0) is 34.3. The first-order valence-corrected chi connectivity index (χ1v) is 15.6. The molecular formula is C39H38N4O6. The fourth-order valence-electron chi connectivity index (χ4n) is 4.69. The van der Waals surface area contributed by atoms with Crippen LogP contribution in [0.15, 0.2) is 103 Å². The van der Waals surface area contributed by atoms with Crippen LogP contribution in [0.25, 0.3) is 24.3 Å². The third kappa shape index (κ3) is 10.6. The van der Waals surface area contributed by atoms with E-state index in [0.717, 1.165) is 33.6 Å². The number of rotatable bonds is 16. The van der Waals surface area contributed by atoms with E-state index < -0.39 is 0 Å². The van der Waals surface area contributed by atoms with Gasteiger partial charge in [0.1, 0.15) is 0 Å². The van der Waals surface area contributed by atoms with Gasteiger partial charge < -0.3 is 29.6 Å². The van der Waals surface area contributed by atoms with Crippen LogP contribution in [-0.2, 0) is 22.7 Å². The molecule has 0 unspecified atom stereocenters. The van der Waals surface area contributed by atoms with Crippen LogP contribution >= 0.6 is 0 Å². The number of aromatic nitrogens is 2. The molecule has 3 N–H and O–H groups in total. The molecule has 10 heteroatoms. The lowest BCUT2D eigenvalue weighted by molar-refractivity contribution is -0.124. The summed E-state index contributed by atoms with van der Waals surface area (Å²) < 4.78 is 22.4. The fraction of sp³-hybridized carbons (Fsp3) is 0.154. The van der Waals surface area contributed by atoms with Crippen LogP contribution in [0, 0.1) is 0 Å². The summed E-state index contributed by atoms with van der Waals surface area (Å²) in [6.07, 6.45) is 7.62. The molecule has 1 aromatic heterocycles. The smallest absolute Gasteiger partial charge is 0.258 e. The number of methoxy groups -OCH3 is 2. The number of benzene rings is 4. The molecule has 0 spiro atoms. The summed E-state index contributed by atoms with van der Waals surface area (Å²) in [5, 5.41) is 13.1. The van der Waals surface area contributed by atoms with E-state index in [1.54, 1.807) is 26.4 Å². The molecule has 1 heterocycles. The Hall–Kier alpha value is -6.29. The molecule has 0 aliphatic carbocycles. The highest BCUT2D eigenvalue weighted by Gasteiger charge is 2.10. The van der Waals surface area contributed by atoms with Crippen molar-refractivity contribution in [2.24, 2.45) is 0 Å². The van der Waals surface area contributed by atoms with Crippen LogP contribution in [-0.4, -0.2) is 49.4 Å². The molecule has 5 aromatic rings. The van der Waals surface area contributed by atoms with E-state index in [-0.39, 0.29) is 25.0 Å². The van der Waals surface area contributed by atoms with Gasteiger partial charge in [-0.25, -0.2) is 0 Å². The summed E-state index contributed by atoms with van der Waals surface area (Å²) in [4.78, 5) is 24.5. The molecule has 0 fully saturated rings. The van der Waals surface area contributed by atoms with Gasteiger partial charge in [-0.2, -0.15) is 5.10 Å². The van der Waals surface area contributed by atoms with Gasteiger partial charge in [0.25, 0.3) is 11.8 Å². The molecule has 0 aliphatic heterocycles. The maximum atomic E-state index is 12.3. The van der Waals surface area contributed by atoms with Crippen LogP contribution in [0.5, 0.6) is 23.0 Å². The van der Waals surface area contributed by atoms with Gasteiger partial charge in [0.05, 0.1) is 25.6 Å². The number of nitrogens with zero attached hydrogens (tertiary/aromatic N) is 1. The van der Waals surface area contributed by atoms with Gasteiger partial charge in [-0.1, -0.05) is 84.9 Å². The first-order chi connectivity index (χ1) is 24.0. The number of hydrogen-bond acceptors (Lipinski definition) is 7. The normalized spacial score (nSPS) is 11.0. The second-order valence-corrected chi connectivity index (χ2v) is 10.8. The Morgan fingerprint density at radius 3 is 1.59 bits per heavy atom. The van der Waals surface area contributed by atoms with Gasteiger partial charge >= 0.3 is 0 Å². The summed E-state index contributed by atoms with van der Waals surface area (Å²) in [6.45, 7) is 0.624. The maximum Gasteiger partial charge on any atom is 0.258 e. The number of hydrogen-bond donors (Lipinski definition) is 3. The Kier molecular flexibility index (Phi) is 12.2. The van der Waals surface area contributed by atoms with Crippen molar-refractivity contribution < 1.29 is 28.5 Å². The number of carbonyl (C=O) groups is 2. The molecule has 0 saturated heterocycles. The molecule has 0 radical (unpaired) electrons. The van der Waals surface area contributed by atoms with Gasteiger partial charge in [0.15, 0.2) is 36.2 Å². The maximum absolute atomic E-state index is 12.3. The van der Waals surface area contributed by atoms with Crippen LogP contribution < -0.4 is 29.6 Å². The fourth-order valence-corrected chi connectivity index (χ4v) is 4.69. The van der Waals surface area contributed by atoms with E-state index >= 15 is 0 Å². The van der Waals surface area contributed by atoms with E-state index in [0.29, 0.717) is 36.1 Å². The molecule has 250 valence electrons. The largest absolute Gasteiger partial charge is 0.493 e. The number of H-pyrrole nitrogens is 1. The summed E-state index contributed by atoms with van der Waals surface area (Å²) in [7, 11) is 3.11. The predicted octanol–water partition coefficient (Wildman–Crippen LogP) is 6.16. The summed E-state index contributed by atoms with van der Waals surface area (Å²) in [6, 6.07) is 32.3. The summed E-state index contributed by atoms with van der Waals surface area (Å²) in [5.41, 5.74) is 5.33. The van der Waals surface area contributed by atoms with E-state index in [1.807, 2.05) is 115 Å². The first kappa shape index (κ1) is 34.1. The Morgan fingerprint density at radius 2 is 1.10 bits per heavy atom. The Balaban J connectivity index is 1.11. The molecule has 4 aromatic carbocycles. The minimum absolute atomic E-state index is 0.123. The topological polar surface area (TPSA) is 124 Å². The van der Waals surface area contributed by atoms with Gasteiger partial charge in [0, 0.05) is 13.1 Å². The van der Waals surface area contributed by atoms with Crippen molar-refractivity contribution in [2.75, 3.05) is 27.4 Å². The average molecular weight is 659 g/mol. The van der Waals surface area contributed by atoms with Crippen molar-refractivity contribution in [3.63, 3.8) is 0 Å². The lowest BCUT2D eigenvalue weighted by Gasteiger charge is -2.11. The number of aromatic amines is 1. The van der Waals surface area contributed by atoms with Gasteiger partial charge in [-0.15, -0.1) is 0 Å². The van der Waals surface area contributed by atoms with E-state index in [2.05, 4.69) is 20.8 Å². The van der Waals surface area contributed by atoms with E-state index in [4.69, 9.17) is 18.9 Å². The van der Waals surface area contributed by atoms with Crippen molar-refractivity contribution in [2.45, 2.75) is 13.1 Å². The number of ether oxygens (including phenoxy) is 4. The molecule has 2 amide bonds. The quantitative estimate of drug-likeness (QED) is 0.116. The molecular weight excluding hydrogens is 620 g/mol. The van der Waals surface area contributed by atoms with Crippen molar-refractivity contribution >= 4 is 36.1 Å². The Bertz CT molecular complexity index is 1750. The standard InChI is InChI=1S/C39H38N4O6/c1-46-36-21-28(15-19-34(36)48-26-38(44)40-24-30-9-5-3-6-10-30)13-17-32-23-33(43-42-32)18-14-29-16-20-35(37(22-29)47-2)49-27-39(45)41-25-31-11-7-4-8-12-31/h3-23H,24-27H2,1-2H3,(H,40,44)(H,41,45)(H,42,43)/b17-13+,18-14+. The third-order valence-electron chi connectivity index (χ3n) is 7.28. The lowest BCUT2D eigenvalue weighted by Crippen LogP contribution is -2.28. The van der Waals surface area contributed by atoms with Gasteiger partial charge in [-0.3, -0.25) is 14.7 Å². The average Bonchev–Trinajstić information content (AvgIpc) is 3.61. The van der Waals surface area contributed by atoms with E-state index in [9.17, 15) is 9.59 Å². The molecule has 5 rings (SSSR count). The highest BCUT2D eigenvalue weighted by molar-refractivity contribution is 5.78. The van der Waals surface area contributed by atoms with Gasteiger partial charge in [-0.05, 0) is 64.7 Å². The Labute approximate surface area is 285 Å². The van der Waals surface area contributed by atoms with Crippen molar-refractivity contribution in [3.05, 3.63) is 137 Å². The molecule has 49 heavy (non-hydrogen) atoms. The van der Waals surface area contributed by atoms with Crippen LogP contribution in [0.1, 0.15) is 33.6 Å².